The zero-order chi connectivity index (χ0) is 12.5. The van der Waals surface area contributed by atoms with Gasteiger partial charge in [-0.2, -0.15) is 0 Å². The predicted molar refractivity (Wildman–Crippen MR) is 60.3 cm³/mol. The minimum Gasteiger partial charge on any atom is -0.309 e. The highest BCUT2D eigenvalue weighted by atomic mass is 32.2. The van der Waals surface area contributed by atoms with Crippen molar-refractivity contribution in [2.24, 2.45) is 0 Å². The predicted octanol–water partition coefficient (Wildman–Crippen LogP) is 1.24. The second-order valence-corrected chi connectivity index (χ2v) is 6.45. The first-order valence-corrected chi connectivity index (χ1v) is 7.16. The molecule has 1 fully saturated rings. The molecule has 3 nitrogen and oxygen atoms in total. The molecular weight excluding hydrogens is 248 g/mol. The van der Waals surface area contributed by atoms with Crippen molar-refractivity contribution in [2.75, 3.05) is 11.5 Å². The Labute approximate surface area is 98.8 Å². The third kappa shape index (κ3) is 3.23. The van der Waals surface area contributed by atoms with Gasteiger partial charge in [0.05, 0.1) is 11.5 Å². The van der Waals surface area contributed by atoms with E-state index in [9.17, 15) is 17.2 Å². The molecule has 0 radical (unpaired) electrons. The first-order valence-electron chi connectivity index (χ1n) is 5.34. The fourth-order valence-corrected chi connectivity index (χ4v) is 3.58. The van der Waals surface area contributed by atoms with Crippen molar-refractivity contribution >= 4 is 9.84 Å². The van der Waals surface area contributed by atoms with Crippen LogP contribution in [0.4, 0.5) is 8.78 Å². The van der Waals surface area contributed by atoms with E-state index >= 15 is 0 Å². The first-order chi connectivity index (χ1) is 7.96. The van der Waals surface area contributed by atoms with E-state index in [2.05, 4.69) is 5.32 Å². The summed E-state index contributed by atoms with van der Waals surface area (Å²) in [6, 6.07) is 3.24. The van der Waals surface area contributed by atoms with Gasteiger partial charge >= 0.3 is 0 Å². The molecule has 94 valence electrons. The average molecular weight is 261 g/mol. The van der Waals surface area contributed by atoms with Crippen LogP contribution in [0, 0.1) is 11.6 Å². The van der Waals surface area contributed by atoms with Crippen molar-refractivity contribution < 1.29 is 17.2 Å². The summed E-state index contributed by atoms with van der Waals surface area (Å²) in [6.45, 7) is 0.215. The summed E-state index contributed by atoms with van der Waals surface area (Å²) in [5, 5.41) is 2.97. The maximum absolute atomic E-state index is 13.3. The number of halogens is 2. The monoisotopic (exact) mass is 261 g/mol. The minimum absolute atomic E-state index is 0.0931. The molecule has 0 spiro atoms. The number of rotatable bonds is 3. The van der Waals surface area contributed by atoms with Gasteiger partial charge in [-0.15, -0.1) is 0 Å². The van der Waals surface area contributed by atoms with Crippen LogP contribution < -0.4 is 5.32 Å². The van der Waals surface area contributed by atoms with Gasteiger partial charge in [0.2, 0.25) is 0 Å². The summed E-state index contributed by atoms with van der Waals surface area (Å²) in [7, 11) is -2.93. The number of hydrogen-bond donors (Lipinski definition) is 1. The van der Waals surface area contributed by atoms with E-state index < -0.39 is 21.5 Å². The Morgan fingerprint density at radius 2 is 2.12 bits per heavy atom. The van der Waals surface area contributed by atoms with Gasteiger partial charge in [0.25, 0.3) is 0 Å². The minimum atomic E-state index is -2.93. The molecule has 1 heterocycles. The fraction of sp³-hybridized carbons (Fsp3) is 0.455. The molecule has 2 rings (SSSR count). The molecule has 0 aliphatic carbocycles. The van der Waals surface area contributed by atoms with Gasteiger partial charge in [-0.25, -0.2) is 17.2 Å². The van der Waals surface area contributed by atoms with E-state index in [-0.39, 0.29) is 24.1 Å². The van der Waals surface area contributed by atoms with E-state index in [1.807, 2.05) is 0 Å². The molecule has 1 unspecified atom stereocenters. The maximum atomic E-state index is 13.3. The molecule has 0 bridgehead atoms. The number of hydrogen-bond acceptors (Lipinski definition) is 3. The summed E-state index contributed by atoms with van der Waals surface area (Å²) in [5.74, 6) is -0.958. The second-order valence-electron chi connectivity index (χ2n) is 4.22. The van der Waals surface area contributed by atoms with Crippen molar-refractivity contribution in [2.45, 2.75) is 19.0 Å². The summed E-state index contributed by atoms with van der Waals surface area (Å²) in [5.41, 5.74) is 0.343. The number of benzene rings is 1. The van der Waals surface area contributed by atoms with Crippen molar-refractivity contribution in [3.8, 4) is 0 Å². The van der Waals surface area contributed by atoms with Gasteiger partial charge in [-0.1, -0.05) is 6.07 Å². The Bertz CT molecular complexity index is 516. The average Bonchev–Trinajstić information content (AvgIpc) is 2.57. The lowest BCUT2D eigenvalue weighted by molar-refractivity contribution is 0.525. The van der Waals surface area contributed by atoms with Gasteiger partial charge in [0, 0.05) is 24.2 Å². The Kier molecular flexibility index (Phi) is 3.44. The van der Waals surface area contributed by atoms with Crippen LogP contribution in [0.25, 0.3) is 0 Å². The normalized spacial score (nSPS) is 22.8. The number of sulfone groups is 1. The van der Waals surface area contributed by atoms with Gasteiger partial charge < -0.3 is 5.32 Å². The highest BCUT2D eigenvalue weighted by Gasteiger charge is 2.27. The van der Waals surface area contributed by atoms with Gasteiger partial charge in [-0.05, 0) is 12.5 Å². The molecule has 1 aromatic carbocycles. The standard InChI is InChI=1S/C11H13F2NO2S/c12-9-2-1-8(11(13)5-9)6-14-10-3-4-17(15,16)7-10/h1-2,5,10,14H,3-4,6-7H2. The molecule has 1 aliphatic rings. The number of nitrogens with one attached hydrogen (secondary N) is 1. The van der Waals surface area contributed by atoms with E-state index in [0.717, 1.165) is 6.07 Å². The van der Waals surface area contributed by atoms with Crippen molar-refractivity contribution in [1.82, 2.24) is 5.32 Å². The third-order valence-electron chi connectivity index (χ3n) is 2.83. The van der Waals surface area contributed by atoms with Crippen molar-refractivity contribution in [3.63, 3.8) is 0 Å². The van der Waals surface area contributed by atoms with Crippen LogP contribution in [0.3, 0.4) is 0 Å². The summed E-state index contributed by atoms with van der Waals surface area (Å²) >= 11 is 0. The second kappa shape index (κ2) is 4.70. The molecule has 0 saturated carbocycles. The fourth-order valence-electron chi connectivity index (χ4n) is 1.88. The van der Waals surface area contributed by atoms with E-state index in [0.29, 0.717) is 12.0 Å². The Hall–Kier alpha value is -1.01. The summed E-state index contributed by atoms with van der Waals surface area (Å²) in [6.07, 6.45) is 0.547. The summed E-state index contributed by atoms with van der Waals surface area (Å²) < 4.78 is 48.3. The topological polar surface area (TPSA) is 46.2 Å². The Balaban J connectivity index is 1.95. The molecule has 0 amide bonds. The molecular formula is C11H13F2NO2S. The molecule has 1 aromatic rings. The van der Waals surface area contributed by atoms with Gasteiger partial charge in [-0.3, -0.25) is 0 Å². The van der Waals surface area contributed by atoms with Crippen LogP contribution in [-0.4, -0.2) is 26.0 Å². The van der Waals surface area contributed by atoms with Crippen molar-refractivity contribution in [1.29, 1.82) is 0 Å². The van der Waals surface area contributed by atoms with Crippen LogP contribution in [-0.2, 0) is 16.4 Å². The molecule has 17 heavy (non-hydrogen) atoms. The maximum Gasteiger partial charge on any atom is 0.151 e. The third-order valence-corrected chi connectivity index (χ3v) is 4.60. The lowest BCUT2D eigenvalue weighted by atomic mass is 10.2. The molecule has 0 aromatic heterocycles. The summed E-state index contributed by atoms with van der Waals surface area (Å²) in [4.78, 5) is 0. The first kappa shape index (κ1) is 12.4. The molecule has 1 N–H and O–H groups in total. The molecule has 6 heteroatoms. The largest absolute Gasteiger partial charge is 0.309 e. The van der Waals surface area contributed by atoms with E-state index in [1.54, 1.807) is 0 Å². The van der Waals surface area contributed by atoms with Crippen LogP contribution in [0.5, 0.6) is 0 Å². The zero-order valence-electron chi connectivity index (χ0n) is 9.12. The van der Waals surface area contributed by atoms with Crippen molar-refractivity contribution in [3.05, 3.63) is 35.4 Å². The lowest BCUT2D eigenvalue weighted by Crippen LogP contribution is -2.29. The van der Waals surface area contributed by atoms with Crippen LogP contribution >= 0.6 is 0 Å². The van der Waals surface area contributed by atoms with E-state index in [1.165, 1.54) is 12.1 Å². The lowest BCUT2D eigenvalue weighted by Gasteiger charge is -2.11. The van der Waals surface area contributed by atoms with Gasteiger partial charge in [0.1, 0.15) is 11.6 Å². The zero-order valence-corrected chi connectivity index (χ0v) is 9.93. The smallest absolute Gasteiger partial charge is 0.151 e. The van der Waals surface area contributed by atoms with E-state index in [4.69, 9.17) is 0 Å². The van der Waals surface area contributed by atoms with Crippen LogP contribution in [0.1, 0.15) is 12.0 Å². The Morgan fingerprint density at radius 3 is 2.71 bits per heavy atom. The quantitative estimate of drug-likeness (QED) is 0.890. The Morgan fingerprint density at radius 1 is 1.35 bits per heavy atom. The highest BCUT2D eigenvalue weighted by molar-refractivity contribution is 7.91. The highest BCUT2D eigenvalue weighted by Crippen LogP contribution is 2.14. The molecule has 1 aliphatic heterocycles. The molecule has 1 atom stereocenters. The van der Waals surface area contributed by atoms with Gasteiger partial charge in [0.15, 0.2) is 9.84 Å². The van der Waals surface area contributed by atoms with Crippen LogP contribution in [0.2, 0.25) is 0 Å². The molecule has 1 saturated heterocycles. The van der Waals surface area contributed by atoms with Crippen LogP contribution in [0.15, 0.2) is 18.2 Å². The SMILES string of the molecule is O=S1(=O)CCC(NCc2ccc(F)cc2F)C1.